The lowest BCUT2D eigenvalue weighted by molar-refractivity contribution is 0.0344. The summed E-state index contributed by atoms with van der Waals surface area (Å²) in [6, 6.07) is 0. The van der Waals surface area contributed by atoms with Gasteiger partial charge in [0.25, 0.3) is 5.56 Å². The number of anilines is 1. The van der Waals surface area contributed by atoms with E-state index in [1.807, 2.05) is 13.8 Å². The van der Waals surface area contributed by atoms with Crippen molar-refractivity contribution in [3.05, 3.63) is 21.6 Å². The summed E-state index contributed by atoms with van der Waals surface area (Å²) < 4.78 is 11.5. The van der Waals surface area contributed by atoms with Gasteiger partial charge in [0.15, 0.2) is 0 Å². The molecule has 1 heterocycles. The molecular formula is C12H20ClN3O3. The Kier molecular flexibility index (Phi) is 5.78. The molecule has 108 valence electrons. The van der Waals surface area contributed by atoms with Crippen molar-refractivity contribution < 1.29 is 9.47 Å². The van der Waals surface area contributed by atoms with Gasteiger partial charge >= 0.3 is 0 Å². The SMILES string of the molecule is COCCn1ncc(NCC(C)(C)OC)c(Cl)c1=O. The van der Waals surface area contributed by atoms with Crippen LogP contribution in [0.5, 0.6) is 0 Å². The van der Waals surface area contributed by atoms with Crippen LogP contribution in [0, 0.1) is 0 Å². The van der Waals surface area contributed by atoms with Gasteiger partial charge in [-0.1, -0.05) is 11.6 Å². The first-order valence-corrected chi connectivity index (χ1v) is 6.32. The topological polar surface area (TPSA) is 65.4 Å². The van der Waals surface area contributed by atoms with E-state index < -0.39 is 0 Å². The van der Waals surface area contributed by atoms with E-state index in [9.17, 15) is 4.79 Å². The lowest BCUT2D eigenvalue weighted by Crippen LogP contribution is -2.33. The maximum absolute atomic E-state index is 11.9. The van der Waals surface area contributed by atoms with E-state index in [2.05, 4.69) is 10.4 Å². The molecule has 7 heteroatoms. The summed E-state index contributed by atoms with van der Waals surface area (Å²) in [5, 5.41) is 7.23. The standard InChI is InChI=1S/C12H20ClN3O3/c1-12(2,19-4)8-14-9-7-15-16(5-6-18-3)11(17)10(9)13/h7,14H,5-6,8H2,1-4H3. The fraction of sp³-hybridized carbons (Fsp3) is 0.667. The van der Waals surface area contributed by atoms with Crippen LogP contribution in [-0.4, -0.2) is 42.8 Å². The fourth-order valence-electron chi connectivity index (χ4n) is 1.31. The third-order valence-electron chi connectivity index (χ3n) is 2.75. The van der Waals surface area contributed by atoms with Crippen molar-refractivity contribution in [2.75, 3.05) is 32.7 Å². The van der Waals surface area contributed by atoms with Crippen LogP contribution in [0.2, 0.25) is 5.02 Å². The van der Waals surface area contributed by atoms with Gasteiger partial charge in [-0.2, -0.15) is 5.10 Å². The van der Waals surface area contributed by atoms with Crippen molar-refractivity contribution in [3.63, 3.8) is 0 Å². The van der Waals surface area contributed by atoms with Gasteiger partial charge in [0.1, 0.15) is 5.02 Å². The zero-order valence-electron chi connectivity index (χ0n) is 11.7. The molecule has 0 bridgehead atoms. The Bertz CT molecular complexity index is 474. The lowest BCUT2D eigenvalue weighted by Gasteiger charge is -2.23. The largest absolute Gasteiger partial charge is 0.383 e. The Morgan fingerprint density at radius 3 is 2.74 bits per heavy atom. The number of hydrogen-bond acceptors (Lipinski definition) is 5. The minimum Gasteiger partial charge on any atom is -0.383 e. The third-order valence-corrected chi connectivity index (χ3v) is 3.11. The van der Waals surface area contributed by atoms with Crippen LogP contribution < -0.4 is 10.9 Å². The molecule has 0 aromatic carbocycles. The highest BCUT2D eigenvalue weighted by Gasteiger charge is 2.17. The minimum absolute atomic E-state index is 0.123. The Morgan fingerprint density at radius 2 is 2.16 bits per heavy atom. The number of nitrogens with zero attached hydrogens (tertiary/aromatic N) is 2. The van der Waals surface area contributed by atoms with Crippen LogP contribution in [0.3, 0.4) is 0 Å². The fourth-order valence-corrected chi connectivity index (χ4v) is 1.52. The number of aromatic nitrogens is 2. The van der Waals surface area contributed by atoms with E-state index in [0.29, 0.717) is 25.4 Å². The molecule has 0 aliphatic rings. The van der Waals surface area contributed by atoms with Crippen molar-refractivity contribution >= 4 is 17.3 Å². The monoisotopic (exact) mass is 289 g/mol. The molecule has 0 atom stereocenters. The molecule has 0 amide bonds. The molecule has 0 radical (unpaired) electrons. The number of ether oxygens (including phenoxy) is 2. The average molecular weight is 290 g/mol. The van der Waals surface area contributed by atoms with E-state index in [4.69, 9.17) is 21.1 Å². The van der Waals surface area contributed by atoms with Crippen LogP contribution in [0.15, 0.2) is 11.0 Å². The van der Waals surface area contributed by atoms with Crippen molar-refractivity contribution in [1.82, 2.24) is 9.78 Å². The Hall–Kier alpha value is -1.11. The molecular weight excluding hydrogens is 270 g/mol. The minimum atomic E-state index is -0.353. The van der Waals surface area contributed by atoms with Crippen LogP contribution in [0.4, 0.5) is 5.69 Å². The van der Waals surface area contributed by atoms with E-state index in [-0.39, 0.29) is 16.2 Å². The molecule has 19 heavy (non-hydrogen) atoms. The first-order chi connectivity index (χ1) is 8.91. The van der Waals surface area contributed by atoms with Crippen LogP contribution in [0.1, 0.15) is 13.8 Å². The molecule has 0 fully saturated rings. The summed E-state index contributed by atoms with van der Waals surface area (Å²) in [6.07, 6.45) is 1.53. The molecule has 0 aliphatic carbocycles. The maximum Gasteiger partial charge on any atom is 0.287 e. The van der Waals surface area contributed by atoms with Gasteiger partial charge in [-0.25, -0.2) is 4.68 Å². The number of nitrogens with one attached hydrogen (secondary N) is 1. The second kappa shape index (κ2) is 6.88. The summed E-state index contributed by atoms with van der Waals surface area (Å²) in [7, 11) is 3.19. The van der Waals surface area contributed by atoms with Crippen molar-refractivity contribution in [3.8, 4) is 0 Å². The lowest BCUT2D eigenvalue weighted by atomic mass is 10.1. The molecule has 0 saturated carbocycles. The van der Waals surface area contributed by atoms with Gasteiger partial charge < -0.3 is 14.8 Å². The highest BCUT2D eigenvalue weighted by Crippen LogP contribution is 2.17. The second-order valence-corrected chi connectivity index (χ2v) is 5.09. The Labute approximate surface area is 117 Å². The quantitative estimate of drug-likeness (QED) is 0.821. The maximum atomic E-state index is 11.9. The second-order valence-electron chi connectivity index (χ2n) is 4.71. The van der Waals surface area contributed by atoms with E-state index >= 15 is 0 Å². The summed E-state index contributed by atoms with van der Waals surface area (Å²) >= 11 is 6.03. The van der Waals surface area contributed by atoms with Crippen molar-refractivity contribution in [2.24, 2.45) is 0 Å². The van der Waals surface area contributed by atoms with E-state index in [1.165, 1.54) is 10.9 Å². The summed E-state index contributed by atoms with van der Waals surface area (Å²) in [5.74, 6) is 0. The van der Waals surface area contributed by atoms with Gasteiger partial charge in [-0.15, -0.1) is 0 Å². The van der Waals surface area contributed by atoms with E-state index in [0.717, 1.165) is 0 Å². The number of methoxy groups -OCH3 is 2. The number of hydrogen-bond donors (Lipinski definition) is 1. The van der Waals surface area contributed by atoms with Crippen LogP contribution >= 0.6 is 11.6 Å². The highest BCUT2D eigenvalue weighted by atomic mass is 35.5. The first kappa shape index (κ1) is 15.9. The smallest absolute Gasteiger partial charge is 0.287 e. The third kappa shape index (κ3) is 4.49. The van der Waals surface area contributed by atoms with Crippen molar-refractivity contribution in [2.45, 2.75) is 26.0 Å². The predicted octanol–water partition coefficient (Wildman–Crippen LogP) is 1.38. The predicted molar refractivity (Wildman–Crippen MR) is 75.0 cm³/mol. The number of halogens is 1. The van der Waals surface area contributed by atoms with Crippen molar-refractivity contribution in [1.29, 1.82) is 0 Å². The summed E-state index contributed by atoms with van der Waals surface area (Å²) in [5.41, 5.74) is -0.182. The highest BCUT2D eigenvalue weighted by molar-refractivity contribution is 6.32. The summed E-state index contributed by atoms with van der Waals surface area (Å²) in [4.78, 5) is 11.9. The molecule has 0 saturated heterocycles. The van der Waals surface area contributed by atoms with Gasteiger partial charge in [0.05, 0.1) is 30.6 Å². The van der Waals surface area contributed by atoms with Gasteiger partial charge in [-0.3, -0.25) is 4.79 Å². The van der Waals surface area contributed by atoms with Gasteiger partial charge in [-0.05, 0) is 13.8 Å². The molecule has 0 unspecified atom stereocenters. The normalized spacial score (nSPS) is 11.6. The Balaban J connectivity index is 2.82. The van der Waals surface area contributed by atoms with Gasteiger partial charge in [0.2, 0.25) is 0 Å². The molecule has 1 aromatic heterocycles. The first-order valence-electron chi connectivity index (χ1n) is 5.95. The summed E-state index contributed by atoms with van der Waals surface area (Å²) in [6.45, 7) is 5.17. The molecule has 1 N–H and O–H groups in total. The molecule has 0 spiro atoms. The molecule has 1 aromatic rings. The van der Waals surface area contributed by atoms with E-state index in [1.54, 1.807) is 14.2 Å². The van der Waals surface area contributed by atoms with Crippen LogP contribution in [-0.2, 0) is 16.0 Å². The molecule has 6 nitrogen and oxygen atoms in total. The Morgan fingerprint density at radius 1 is 1.47 bits per heavy atom. The zero-order chi connectivity index (χ0) is 14.5. The molecule has 0 aliphatic heterocycles. The zero-order valence-corrected chi connectivity index (χ0v) is 12.5. The average Bonchev–Trinajstić information content (AvgIpc) is 2.39. The van der Waals surface area contributed by atoms with Gasteiger partial charge in [0, 0.05) is 20.8 Å². The van der Waals surface area contributed by atoms with Crippen LogP contribution in [0.25, 0.3) is 0 Å². The number of rotatable bonds is 7. The molecule has 1 rings (SSSR count).